The lowest BCUT2D eigenvalue weighted by Crippen LogP contribution is -1.96. The van der Waals surface area contributed by atoms with Gasteiger partial charge < -0.3 is 5.11 Å². The van der Waals surface area contributed by atoms with E-state index in [1.807, 2.05) is 18.4 Å². The summed E-state index contributed by atoms with van der Waals surface area (Å²) in [7, 11) is 0. The fourth-order valence-corrected chi connectivity index (χ4v) is 2.81. The second-order valence-electron chi connectivity index (χ2n) is 2.90. The lowest BCUT2D eigenvalue weighted by Gasteiger charge is -2.03. The Kier molecular flexibility index (Phi) is 2.88. The molecule has 14 heavy (non-hydrogen) atoms. The van der Waals surface area contributed by atoms with Gasteiger partial charge in [0.2, 0.25) is 0 Å². The zero-order chi connectivity index (χ0) is 10.1. The number of nitrogens with zero attached hydrogens (tertiary/aromatic N) is 1. The molecule has 2 heterocycles. The van der Waals surface area contributed by atoms with Crippen LogP contribution in [0.5, 0.6) is 0 Å². The van der Waals surface area contributed by atoms with Crippen LogP contribution in [0.25, 0.3) is 0 Å². The molecular weight excluding hydrogens is 238 g/mol. The van der Waals surface area contributed by atoms with Gasteiger partial charge in [-0.2, -0.15) is 0 Å². The quantitative estimate of drug-likeness (QED) is 0.881. The zero-order valence-electron chi connectivity index (χ0n) is 7.40. The highest BCUT2D eigenvalue weighted by Gasteiger charge is 2.15. The molecule has 5 heteroatoms. The van der Waals surface area contributed by atoms with E-state index in [2.05, 4.69) is 4.98 Å². The second kappa shape index (κ2) is 3.98. The van der Waals surface area contributed by atoms with Crippen LogP contribution in [-0.2, 0) is 0 Å². The molecule has 2 aromatic rings. The van der Waals surface area contributed by atoms with Gasteiger partial charge in [-0.25, -0.2) is 4.98 Å². The third kappa shape index (κ3) is 1.98. The molecule has 0 spiro atoms. The topological polar surface area (TPSA) is 33.1 Å². The fourth-order valence-electron chi connectivity index (χ4n) is 1.14. The highest BCUT2D eigenvalue weighted by molar-refractivity contribution is 7.15. The third-order valence-corrected chi connectivity index (χ3v) is 3.84. The first-order chi connectivity index (χ1) is 6.66. The highest BCUT2D eigenvalue weighted by atomic mass is 35.5. The summed E-state index contributed by atoms with van der Waals surface area (Å²) in [5.41, 5.74) is 0.888. The van der Waals surface area contributed by atoms with E-state index in [0.29, 0.717) is 9.34 Å². The smallest absolute Gasteiger partial charge is 0.131 e. The number of rotatable bonds is 2. The Labute approximate surface area is 94.8 Å². The number of hydrogen-bond donors (Lipinski definition) is 1. The molecule has 0 bridgehead atoms. The number of thiazole rings is 1. The zero-order valence-corrected chi connectivity index (χ0v) is 9.79. The van der Waals surface area contributed by atoms with Gasteiger partial charge in [0.15, 0.2) is 0 Å². The molecule has 0 saturated heterocycles. The van der Waals surface area contributed by atoms with Crippen molar-refractivity contribution in [3.63, 3.8) is 0 Å². The van der Waals surface area contributed by atoms with E-state index in [0.717, 1.165) is 5.56 Å². The van der Waals surface area contributed by atoms with Crippen LogP contribution in [0.4, 0.5) is 0 Å². The van der Waals surface area contributed by atoms with E-state index < -0.39 is 6.10 Å². The molecule has 74 valence electrons. The highest BCUT2D eigenvalue weighted by Crippen LogP contribution is 2.30. The maximum absolute atomic E-state index is 9.91. The van der Waals surface area contributed by atoms with Gasteiger partial charge in [-0.3, -0.25) is 0 Å². The van der Waals surface area contributed by atoms with Crippen molar-refractivity contribution < 1.29 is 5.11 Å². The van der Waals surface area contributed by atoms with Crippen LogP contribution in [-0.4, -0.2) is 10.1 Å². The molecule has 0 amide bonds. The molecule has 0 aliphatic rings. The van der Waals surface area contributed by atoms with Crippen molar-refractivity contribution >= 4 is 34.3 Å². The molecule has 1 atom stereocenters. The van der Waals surface area contributed by atoms with Gasteiger partial charge in [0.1, 0.15) is 15.4 Å². The maximum Gasteiger partial charge on any atom is 0.131 e. The van der Waals surface area contributed by atoms with Crippen molar-refractivity contribution in [2.75, 3.05) is 0 Å². The Hall–Kier alpha value is -0.420. The number of aliphatic hydroxyl groups excluding tert-OH is 1. The van der Waals surface area contributed by atoms with Gasteiger partial charge in [-0.15, -0.1) is 22.7 Å². The van der Waals surface area contributed by atoms with Gasteiger partial charge in [0.05, 0.1) is 6.20 Å². The standard InChI is InChI=1S/C9H8ClNOS2/c1-5-2-6(4-13-5)8(12)9-11-3-7(10)14-9/h2-4,8,12H,1H3. The first-order valence-electron chi connectivity index (χ1n) is 4.01. The summed E-state index contributed by atoms with van der Waals surface area (Å²) >= 11 is 8.67. The molecule has 0 radical (unpaired) electrons. The predicted molar refractivity (Wildman–Crippen MR) is 60.2 cm³/mol. The van der Waals surface area contributed by atoms with Crippen LogP contribution in [0, 0.1) is 6.92 Å². The summed E-state index contributed by atoms with van der Waals surface area (Å²) in [6.07, 6.45) is 0.918. The molecular formula is C9H8ClNOS2. The molecule has 0 aliphatic carbocycles. The normalized spacial score (nSPS) is 13.1. The summed E-state index contributed by atoms with van der Waals surface area (Å²) in [5.74, 6) is 0. The minimum absolute atomic E-state index is 0.603. The van der Waals surface area contributed by atoms with Crippen LogP contribution in [0.1, 0.15) is 21.6 Å². The number of thiophene rings is 1. The average Bonchev–Trinajstić information content (AvgIpc) is 2.73. The Balaban J connectivity index is 2.28. The van der Waals surface area contributed by atoms with Crippen molar-refractivity contribution in [1.29, 1.82) is 0 Å². The third-order valence-electron chi connectivity index (χ3n) is 1.80. The summed E-state index contributed by atoms with van der Waals surface area (Å²) in [6, 6.07) is 1.96. The minimum Gasteiger partial charge on any atom is -0.381 e. The maximum atomic E-state index is 9.91. The second-order valence-corrected chi connectivity index (χ2v) is 5.70. The first-order valence-corrected chi connectivity index (χ1v) is 6.08. The summed E-state index contributed by atoms with van der Waals surface area (Å²) in [5, 5.41) is 12.5. The van der Waals surface area contributed by atoms with Crippen molar-refractivity contribution in [2.24, 2.45) is 0 Å². The Morgan fingerprint density at radius 2 is 2.36 bits per heavy atom. The van der Waals surface area contributed by atoms with Crippen molar-refractivity contribution in [2.45, 2.75) is 13.0 Å². The van der Waals surface area contributed by atoms with Crippen molar-refractivity contribution in [3.8, 4) is 0 Å². The SMILES string of the molecule is Cc1cc(C(O)c2ncc(Cl)s2)cs1. The van der Waals surface area contributed by atoms with Crippen LogP contribution in [0.3, 0.4) is 0 Å². The van der Waals surface area contributed by atoms with Crippen LogP contribution >= 0.6 is 34.3 Å². The Morgan fingerprint density at radius 3 is 2.86 bits per heavy atom. The van der Waals surface area contributed by atoms with Crippen molar-refractivity contribution in [3.05, 3.63) is 37.4 Å². The number of hydrogen-bond acceptors (Lipinski definition) is 4. The molecule has 2 nitrogen and oxygen atoms in total. The molecule has 0 aliphatic heterocycles. The first kappa shape index (κ1) is 10.1. The van der Waals surface area contributed by atoms with Gasteiger partial charge in [0, 0.05) is 4.88 Å². The number of aliphatic hydroxyl groups is 1. The van der Waals surface area contributed by atoms with E-state index in [1.54, 1.807) is 17.5 Å². The molecule has 1 N–H and O–H groups in total. The van der Waals surface area contributed by atoms with Gasteiger partial charge in [-0.05, 0) is 23.9 Å². The van der Waals surface area contributed by atoms with Crippen LogP contribution in [0.2, 0.25) is 4.34 Å². The molecule has 2 rings (SSSR count). The molecule has 0 aromatic carbocycles. The molecule has 0 fully saturated rings. The van der Waals surface area contributed by atoms with E-state index in [4.69, 9.17) is 11.6 Å². The number of aryl methyl sites for hydroxylation is 1. The largest absolute Gasteiger partial charge is 0.381 e. The summed E-state index contributed by atoms with van der Waals surface area (Å²) < 4.78 is 0.603. The van der Waals surface area contributed by atoms with E-state index in [9.17, 15) is 5.11 Å². The van der Waals surface area contributed by atoms with E-state index in [1.165, 1.54) is 16.2 Å². The van der Waals surface area contributed by atoms with Gasteiger partial charge in [-0.1, -0.05) is 11.6 Å². The monoisotopic (exact) mass is 245 g/mol. The summed E-state index contributed by atoms with van der Waals surface area (Å²) in [6.45, 7) is 2.01. The minimum atomic E-state index is -0.641. The number of halogens is 1. The Morgan fingerprint density at radius 1 is 1.57 bits per heavy atom. The lowest BCUT2D eigenvalue weighted by molar-refractivity contribution is 0.220. The number of aromatic nitrogens is 1. The Bertz CT molecular complexity index is 397. The molecule has 1 unspecified atom stereocenters. The predicted octanol–water partition coefficient (Wildman–Crippen LogP) is 3.25. The van der Waals surface area contributed by atoms with Gasteiger partial charge in [0.25, 0.3) is 0 Å². The van der Waals surface area contributed by atoms with E-state index in [-0.39, 0.29) is 0 Å². The molecule has 0 saturated carbocycles. The lowest BCUT2D eigenvalue weighted by atomic mass is 10.2. The van der Waals surface area contributed by atoms with Crippen LogP contribution < -0.4 is 0 Å². The van der Waals surface area contributed by atoms with E-state index >= 15 is 0 Å². The summed E-state index contributed by atoms with van der Waals surface area (Å²) in [4.78, 5) is 5.22. The van der Waals surface area contributed by atoms with Crippen LogP contribution in [0.15, 0.2) is 17.6 Å². The fraction of sp³-hybridized carbons (Fsp3) is 0.222. The molecule has 2 aromatic heterocycles. The average molecular weight is 246 g/mol. The van der Waals surface area contributed by atoms with Gasteiger partial charge >= 0.3 is 0 Å². The van der Waals surface area contributed by atoms with Crippen molar-refractivity contribution in [1.82, 2.24) is 4.98 Å².